The summed E-state index contributed by atoms with van der Waals surface area (Å²) in [5, 5.41) is 9.74. The summed E-state index contributed by atoms with van der Waals surface area (Å²) >= 11 is 0. The fourth-order valence-corrected chi connectivity index (χ4v) is 6.53. The maximum absolute atomic E-state index is 9.74. The molecular formula is C22H37N. The third-order valence-corrected chi connectivity index (χ3v) is 8.29. The molecule has 0 aromatic carbocycles. The molecule has 0 aromatic rings. The van der Waals surface area contributed by atoms with Crippen molar-refractivity contribution < 1.29 is 0 Å². The quantitative estimate of drug-likeness (QED) is 0.516. The molecule has 0 atom stereocenters. The first-order chi connectivity index (χ1) is 11.1. The molecule has 4 saturated carbocycles. The van der Waals surface area contributed by atoms with Gasteiger partial charge in [-0.3, -0.25) is 0 Å². The SMILES string of the molecule is CCCCC1(C#N)CCC(C23CCC(CCC)(CC2)CC3)CC1. The van der Waals surface area contributed by atoms with E-state index in [1.165, 1.54) is 89.9 Å². The predicted octanol–water partition coefficient (Wildman–Crippen LogP) is 7.02. The van der Waals surface area contributed by atoms with Gasteiger partial charge in [-0.05, 0) is 93.8 Å². The van der Waals surface area contributed by atoms with Gasteiger partial charge >= 0.3 is 0 Å². The van der Waals surface area contributed by atoms with E-state index < -0.39 is 0 Å². The number of nitrogens with zero attached hydrogens (tertiary/aromatic N) is 1. The summed E-state index contributed by atoms with van der Waals surface area (Å²) in [6.45, 7) is 4.62. The first kappa shape index (κ1) is 17.3. The van der Waals surface area contributed by atoms with E-state index in [2.05, 4.69) is 19.9 Å². The fraction of sp³-hybridized carbons (Fsp3) is 0.955. The lowest BCUT2D eigenvalue weighted by atomic mass is 9.47. The van der Waals surface area contributed by atoms with E-state index in [1.807, 2.05) is 0 Å². The van der Waals surface area contributed by atoms with E-state index in [0.717, 1.165) is 17.8 Å². The highest BCUT2D eigenvalue weighted by Gasteiger charge is 2.52. The van der Waals surface area contributed by atoms with E-state index in [4.69, 9.17) is 0 Å². The number of hydrogen-bond donors (Lipinski definition) is 0. The van der Waals surface area contributed by atoms with Crippen molar-refractivity contribution in [1.29, 1.82) is 5.26 Å². The maximum atomic E-state index is 9.74. The van der Waals surface area contributed by atoms with Crippen LogP contribution in [0.25, 0.3) is 0 Å². The average molecular weight is 316 g/mol. The summed E-state index contributed by atoms with van der Waals surface area (Å²) in [5.74, 6) is 0.936. The molecule has 0 aromatic heterocycles. The molecule has 0 unspecified atom stereocenters. The smallest absolute Gasteiger partial charge is 0.0689 e. The summed E-state index contributed by atoms with van der Waals surface area (Å²) in [7, 11) is 0. The minimum atomic E-state index is 0.0401. The highest BCUT2D eigenvalue weighted by molar-refractivity contribution is 5.07. The van der Waals surface area contributed by atoms with Gasteiger partial charge in [-0.15, -0.1) is 0 Å². The molecule has 2 bridgehead atoms. The van der Waals surface area contributed by atoms with Gasteiger partial charge in [-0.2, -0.15) is 5.26 Å². The van der Waals surface area contributed by atoms with Crippen LogP contribution in [0.1, 0.15) is 110 Å². The molecule has 4 aliphatic carbocycles. The first-order valence-corrected chi connectivity index (χ1v) is 10.5. The van der Waals surface area contributed by atoms with Crippen molar-refractivity contribution in [3.63, 3.8) is 0 Å². The highest BCUT2D eigenvalue weighted by Crippen LogP contribution is 2.64. The van der Waals surface area contributed by atoms with Crippen molar-refractivity contribution in [2.75, 3.05) is 0 Å². The van der Waals surface area contributed by atoms with E-state index in [9.17, 15) is 5.26 Å². The van der Waals surface area contributed by atoms with Gasteiger partial charge in [0.05, 0.1) is 11.5 Å². The van der Waals surface area contributed by atoms with Gasteiger partial charge in [0.2, 0.25) is 0 Å². The summed E-state index contributed by atoms with van der Waals surface area (Å²) in [4.78, 5) is 0. The zero-order chi connectivity index (χ0) is 16.4. The van der Waals surface area contributed by atoms with E-state index in [1.54, 1.807) is 0 Å². The number of fused-ring (bicyclic) bond motifs is 3. The van der Waals surface area contributed by atoms with Crippen LogP contribution in [-0.2, 0) is 0 Å². The molecule has 0 spiro atoms. The molecule has 23 heavy (non-hydrogen) atoms. The number of unbranched alkanes of at least 4 members (excludes halogenated alkanes) is 1. The molecule has 4 fully saturated rings. The normalized spacial score (nSPS) is 43.3. The van der Waals surface area contributed by atoms with Crippen molar-refractivity contribution >= 4 is 0 Å². The Labute approximate surface area is 144 Å². The molecule has 4 aliphatic rings. The third kappa shape index (κ3) is 3.20. The van der Waals surface area contributed by atoms with Crippen molar-refractivity contribution in [2.45, 2.75) is 110 Å². The molecular weight excluding hydrogens is 278 g/mol. The summed E-state index contributed by atoms with van der Waals surface area (Å²) < 4.78 is 0. The fourth-order valence-electron chi connectivity index (χ4n) is 6.53. The first-order valence-electron chi connectivity index (χ1n) is 10.5. The second-order valence-electron chi connectivity index (χ2n) is 9.38. The van der Waals surface area contributed by atoms with Crippen LogP contribution in [0.2, 0.25) is 0 Å². The van der Waals surface area contributed by atoms with Gasteiger partial charge in [-0.25, -0.2) is 0 Å². The van der Waals surface area contributed by atoms with Crippen LogP contribution < -0.4 is 0 Å². The Morgan fingerprint density at radius 3 is 1.91 bits per heavy atom. The Morgan fingerprint density at radius 2 is 1.43 bits per heavy atom. The van der Waals surface area contributed by atoms with Crippen LogP contribution in [0.3, 0.4) is 0 Å². The van der Waals surface area contributed by atoms with Crippen LogP contribution >= 0.6 is 0 Å². The summed E-state index contributed by atoms with van der Waals surface area (Å²) in [5.41, 5.74) is 1.46. The Balaban J connectivity index is 1.60. The lowest BCUT2D eigenvalue weighted by Crippen LogP contribution is -2.47. The number of nitriles is 1. The Hall–Kier alpha value is -0.510. The second-order valence-corrected chi connectivity index (χ2v) is 9.38. The largest absolute Gasteiger partial charge is 0.198 e. The Bertz CT molecular complexity index is 411. The van der Waals surface area contributed by atoms with Crippen LogP contribution in [0.5, 0.6) is 0 Å². The maximum Gasteiger partial charge on any atom is 0.0689 e. The van der Waals surface area contributed by atoms with Gasteiger partial charge in [0.1, 0.15) is 0 Å². The van der Waals surface area contributed by atoms with Crippen LogP contribution in [-0.4, -0.2) is 0 Å². The molecule has 0 saturated heterocycles. The molecule has 1 nitrogen and oxygen atoms in total. The highest BCUT2D eigenvalue weighted by atomic mass is 14.6. The second kappa shape index (κ2) is 6.78. The van der Waals surface area contributed by atoms with Crippen LogP contribution in [0.4, 0.5) is 0 Å². The summed E-state index contributed by atoms with van der Waals surface area (Å²) in [6, 6.07) is 2.74. The van der Waals surface area contributed by atoms with E-state index in [0.29, 0.717) is 5.41 Å². The topological polar surface area (TPSA) is 23.8 Å². The van der Waals surface area contributed by atoms with Gasteiger partial charge < -0.3 is 0 Å². The van der Waals surface area contributed by atoms with E-state index in [-0.39, 0.29) is 5.41 Å². The van der Waals surface area contributed by atoms with Crippen LogP contribution in [0.15, 0.2) is 0 Å². The molecule has 130 valence electrons. The summed E-state index contributed by atoms with van der Waals surface area (Å²) in [6.07, 6.45) is 20.6. The molecule has 1 heteroatoms. The van der Waals surface area contributed by atoms with E-state index >= 15 is 0 Å². The average Bonchev–Trinajstić information content (AvgIpc) is 2.62. The van der Waals surface area contributed by atoms with Crippen molar-refractivity contribution in [3.05, 3.63) is 0 Å². The molecule has 4 rings (SSSR count). The number of rotatable bonds is 6. The van der Waals surface area contributed by atoms with Crippen molar-refractivity contribution in [1.82, 2.24) is 0 Å². The monoisotopic (exact) mass is 315 g/mol. The Kier molecular flexibility index (Phi) is 5.10. The zero-order valence-electron chi connectivity index (χ0n) is 15.6. The molecule has 0 amide bonds. The molecule has 0 radical (unpaired) electrons. The molecule has 0 N–H and O–H groups in total. The van der Waals surface area contributed by atoms with Gasteiger partial charge in [0.25, 0.3) is 0 Å². The van der Waals surface area contributed by atoms with Gasteiger partial charge in [-0.1, -0.05) is 33.1 Å². The minimum absolute atomic E-state index is 0.0401. The number of hydrogen-bond acceptors (Lipinski definition) is 1. The lowest BCUT2D eigenvalue weighted by molar-refractivity contribution is -0.0684. The van der Waals surface area contributed by atoms with Gasteiger partial charge in [0.15, 0.2) is 0 Å². The lowest BCUT2D eigenvalue weighted by Gasteiger charge is -2.58. The van der Waals surface area contributed by atoms with Gasteiger partial charge in [0, 0.05) is 0 Å². The Morgan fingerprint density at radius 1 is 0.826 bits per heavy atom. The predicted molar refractivity (Wildman–Crippen MR) is 97.0 cm³/mol. The molecule has 0 aliphatic heterocycles. The van der Waals surface area contributed by atoms with Crippen molar-refractivity contribution in [3.8, 4) is 6.07 Å². The molecule has 0 heterocycles. The zero-order valence-corrected chi connectivity index (χ0v) is 15.6. The standard InChI is InChI=1S/C22H37N/c1-3-5-9-21(18-23)10-6-19(7-11-21)22-15-12-20(8-4-2,13-16-22)14-17-22/h19H,3-17H2,1-2H3. The third-order valence-electron chi connectivity index (χ3n) is 8.29. The van der Waals surface area contributed by atoms with Crippen molar-refractivity contribution in [2.24, 2.45) is 22.2 Å². The minimum Gasteiger partial charge on any atom is -0.198 e. The van der Waals surface area contributed by atoms with Crippen LogP contribution in [0, 0.1) is 33.5 Å².